The van der Waals surface area contributed by atoms with Crippen LogP contribution in [-0.4, -0.2) is 122 Å². The normalized spacial score (nSPS) is 25.5. The third-order valence-corrected chi connectivity index (χ3v) is 18.8. The van der Waals surface area contributed by atoms with Crippen molar-refractivity contribution in [1.29, 1.82) is 0 Å². The Morgan fingerprint density at radius 2 is 1.66 bits per heavy atom. The van der Waals surface area contributed by atoms with Gasteiger partial charge in [-0.05, 0) is 81.4 Å². The Balaban J connectivity index is 0.951. The lowest BCUT2D eigenvalue weighted by molar-refractivity contribution is -0.437. The second-order valence-electron chi connectivity index (χ2n) is 23.7. The number of hydrogen-bond donors (Lipinski definition) is 7. The SMILES string of the molecule is CCCN1/C(=C/C=C2\CCCC(/C=C/C3=[N+](CCC)c4ccccc4C3(C)C)=C2SCCC(=O)N/N=C(\CO)C2(O)Cc3c(O)c4c(c(O)c3C(OC3CC(N)C(O)C(C)O3)C2)C(=O)c2c(OC)cccc2C4=O)C(C)(C)c2ccccc21. The summed E-state index contributed by atoms with van der Waals surface area (Å²) in [6.07, 6.45) is 8.52. The Morgan fingerprint density at radius 3 is 2.39 bits per heavy atom. The summed E-state index contributed by atoms with van der Waals surface area (Å²) in [6.45, 7) is 16.1. The number of allylic oxidation sites excluding steroid dienone is 7. The molecule has 10 rings (SSSR count). The molecule has 3 aliphatic heterocycles. The number of nitrogens with zero attached hydrogens (tertiary/aromatic N) is 3. The smallest absolute Gasteiger partial charge is 0.240 e. The second-order valence-corrected chi connectivity index (χ2v) is 24.8. The highest BCUT2D eigenvalue weighted by atomic mass is 32.2. The monoisotopic (exact) mass is 1150 g/mol. The zero-order valence-electron chi connectivity index (χ0n) is 48.8. The molecule has 438 valence electrons. The number of phenolic OH excluding ortho intramolecular Hbond substituents is 2. The minimum Gasteiger partial charge on any atom is -0.507 e. The molecular weight excluding hydrogens is 1070 g/mol. The topological polar surface area (TPSA) is 237 Å². The first kappa shape index (κ1) is 59.5. The van der Waals surface area contributed by atoms with Crippen molar-refractivity contribution in [3.8, 4) is 17.2 Å². The fraction of sp³-hybridized carbons (Fsp3) is 0.439. The van der Waals surface area contributed by atoms with Gasteiger partial charge in [-0.3, -0.25) is 14.4 Å². The van der Waals surface area contributed by atoms with Crippen molar-refractivity contribution < 1.29 is 58.7 Å². The van der Waals surface area contributed by atoms with E-state index >= 15 is 0 Å². The number of nitrogens with one attached hydrogen (secondary N) is 1. The van der Waals surface area contributed by atoms with Gasteiger partial charge >= 0.3 is 0 Å². The number of anilines is 1. The van der Waals surface area contributed by atoms with E-state index in [1.54, 1.807) is 18.7 Å². The maximum absolute atomic E-state index is 14.3. The largest absolute Gasteiger partial charge is 0.507 e. The third-order valence-electron chi connectivity index (χ3n) is 17.6. The molecule has 8 N–H and O–H groups in total. The molecule has 17 heteroatoms. The van der Waals surface area contributed by atoms with E-state index in [4.69, 9.17) is 19.9 Å². The number of phenols is 2. The minimum atomic E-state index is -2.18. The fourth-order valence-electron chi connectivity index (χ4n) is 13.3. The van der Waals surface area contributed by atoms with Crippen LogP contribution in [0.2, 0.25) is 0 Å². The molecule has 4 aromatic rings. The number of hydrazone groups is 1. The van der Waals surface area contributed by atoms with Crippen LogP contribution in [-0.2, 0) is 31.5 Å². The molecule has 6 unspecified atom stereocenters. The average Bonchev–Trinajstić information content (AvgIpc) is 3.17. The van der Waals surface area contributed by atoms with E-state index in [1.165, 1.54) is 70.4 Å². The van der Waals surface area contributed by atoms with Crippen LogP contribution in [0, 0.1) is 0 Å². The molecule has 16 nitrogen and oxygen atoms in total. The number of fused-ring (bicyclic) bond motifs is 5. The van der Waals surface area contributed by atoms with Gasteiger partial charge in [0.1, 0.15) is 29.4 Å². The first-order chi connectivity index (χ1) is 39.7. The van der Waals surface area contributed by atoms with E-state index in [0.717, 1.165) is 50.1 Å². The Hall–Kier alpha value is -6.70. The van der Waals surface area contributed by atoms with Crippen LogP contribution in [0.15, 0.2) is 118 Å². The number of ether oxygens (including phenoxy) is 3. The van der Waals surface area contributed by atoms with Gasteiger partial charge in [0.2, 0.25) is 17.4 Å². The van der Waals surface area contributed by atoms with Crippen molar-refractivity contribution in [3.05, 3.63) is 157 Å². The quantitative estimate of drug-likeness (QED) is 0.0199. The Labute approximate surface area is 490 Å². The van der Waals surface area contributed by atoms with Gasteiger partial charge in [-0.25, -0.2) is 5.43 Å². The molecule has 1 amide bonds. The van der Waals surface area contributed by atoms with Crippen LogP contribution in [0.25, 0.3) is 0 Å². The van der Waals surface area contributed by atoms with Gasteiger partial charge in [0.05, 0.1) is 59.8 Å². The number of ketones is 2. The lowest BCUT2D eigenvalue weighted by atomic mass is 9.71. The Morgan fingerprint density at radius 1 is 0.928 bits per heavy atom. The van der Waals surface area contributed by atoms with E-state index in [9.17, 15) is 39.9 Å². The molecule has 4 aromatic carbocycles. The number of rotatable bonds is 17. The highest BCUT2D eigenvalue weighted by Crippen LogP contribution is 2.54. The van der Waals surface area contributed by atoms with Gasteiger partial charge in [-0.1, -0.05) is 88.4 Å². The van der Waals surface area contributed by atoms with Gasteiger partial charge in [-0.2, -0.15) is 9.68 Å². The van der Waals surface area contributed by atoms with E-state index in [1.807, 2.05) is 0 Å². The van der Waals surface area contributed by atoms with Gasteiger partial charge in [0, 0.05) is 107 Å². The average molecular weight is 1150 g/mol. The minimum absolute atomic E-state index is 0.0112. The van der Waals surface area contributed by atoms with Crippen LogP contribution in [0.1, 0.15) is 160 Å². The molecule has 0 spiro atoms. The Kier molecular flexibility index (Phi) is 17.0. The molecule has 0 aromatic heterocycles. The van der Waals surface area contributed by atoms with Crippen molar-refractivity contribution in [2.75, 3.05) is 37.5 Å². The first-order valence-electron chi connectivity index (χ1n) is 29.1. The zero-order valence-corrected chi connectivity index (χ0v) is 49.6. The summed E-state index contributed by atoms with van der Waals surface area (Å²) in [5.74, 6) is -2.91. The molecule has 83 heavy (non-hydrogen) atoms. The van der Waals surface area contributed by atoms with Crippen LogP contribution in [0.4, 0.5) is 11.4 Å². The number of benzene rings is 4. The number of carbonyl (C=O) groups is 3. The Bertz CT molecular complexity index is 3450. The fourth-order valence-corrected chi connectivity index (χ4v) is 14.5. The number of amides is 1. The van der Waals surface area contributed by atoms with Crippen LogP contribution in [0.5, 0.6) is 17.2 Å². The van der Waals surface area contributed by atoms with Gasteiger partial charge in [-0.15, -0.1) is 11.8 Å². The van der Waals surface area contributed by atoms with E-state index in [2.05, 4.69) is 134 Å². The zero-order chi connectivity index (χ0) is 59.3. The summed E-state index contributed by atoms with van der Waals surface area (Å²) in [7, 11) is 1.34. The van der Waals surface area contributed by atoms with E-state index in [0.29, 0.717) is 5.75 Å². The molecular formula is C66H78N5O11S+. The summed E-state index contributed by atoms with van der Waals surface area (Å²) in [6, 6.07) is 20.9. The maximum Gasteiger partial charge on any atom is 0.240 e. The summed E-state index contributed by atoms with van der Waals surface area (Å²) in [5, 5.41) is 62.9. The van der Waals surface area contributed by atoms with Crippen molar-refractivity contribution >= 4 is 52.0 Å². The number of aromatic hydroxyl groups is 2. The number of thioether (sulfide) groups is 1. The summed E-state index contributed by atoms with van der Waals surface area (Å²) in [4.78, 5) is 46.1. The molecule has 0 radical (unpaired) electrons. The molecule has 0 saturated carbocycles. The van der Waals surface area contributed by atoms with Crippen LogP contribution < -0.4 is 20.8 Å². The lowest BCUT2D eigenvalue weighted by Crippen LogP contribution is -2.53. The maximum atomic E-state index is 14.3. The summed E-state index contributed by atoms with van der Waals surface area (Å²) < 4.78 is 20.3. The predicted molar refractivity (Wildman–Crippen MR) is 322 cm³/mol. The molecule has 3 heterocycles. The summed E-state index contributed by atoms with van der Waals surface area (Å²) in [5.41, 5.74) is 14.5. The second kappa shape index (κ2) is 23.7. The highest BCUT2D eigenvalue weighted by Gasteiger charge is 2.50. The van der Waals surface area contributed by atoms with Gasteiger partial charge in [0.15, 0.2) is 17.8 Å². The number of carbonyl (C=O) groups excluding carboxylic acids is 3. The number of para-hydroxylation sites is 2. The van der Waals surface area contributed by atoms with Crippen molar-refractivity contribution in [2.45, 2.75) is 153 Å². The molecule has 0 bridgehead atoms. The van der Waals surface area contributed by atoms with Crippen molar-refractivity contribution in [2.24, 2.45) is 10.8 Å². The summed E-state index contributed by atoms with van der Waals surface area (Å²) >= 11 is 1.62. The van der Waals surface area contributed by atoms with Crippen molar-refractivity contribution in [3.63, 3.8) is 0 Å². The number of hydrogen-bond acceptors (Lipinski definition) is 15. The molecule has 1 fully saturated rings. The van der Waals surface area contributed by atoms with E-state index < -0.39 is 95.8 Å². The lowest BCUT2D eigenvalue weighted by Gasteiger charge is -2.43. The number of nitrogens with two attached hydrogens (primary N) is 1. The molecule has 3 aliphatic carbocycles. The number of methoxy groups -OCH3 is 1. The van der Waals surface area contributed by atoms with Gasteiger partial charge in [0.25, 0.3) is 0 Å². The van der Waals surface area contributed by atoms with Gasteiger partial charge < -0.3 is 50.4 Å². The number of aliphatic hydroxyl groups is 3. The molecule has 6 atom stereocenters. The van der Waals surface area contributed by atoms with Crippen molar-refractivity contribution in [1.82, 2.24) is 5.43 Å². The first-order valence-corrected chi connectivity index (χ1v) is 30.1. The third kappa shape index (κ3) is 10.7. The number of aliphatic hydroxyl groups excluding tert-OH is 2. The van der Waals surface area contributed by atoms with Crippen LogP contribution in [0.3, 0.4) is 0 Å². The molecule has 1 saturated heterocycles. The van der Waals surface area contributed by atoms with E-state index in [-0.39, 0.29) is 57.4 Å². The standard InChI is InChI=1S/C66H77N5O11S/c1-9-30-70-45-22-13-11-20-42(45)64(4,5)50(70)27-25-38-17-15-18-39(26-28-51-65(6,7)43-21-12-14-23-46(43)71(51)31-10-2)63(38)83-32-29-52(73)69-68-49(36-72)66(79)34-41-55(48(35-66)82-53-33-44(67)58(74)37(3)81-53)62(78)57-56(60(41)76)59(75)40-19-16-24-47(80-8)54(40)61(57)77/h11-14,16,19-28,37,44,48,53,58,72,74,79H,9-10,15,17-18,29-36,67H2,1-8H3,(H2-,69,73,75,76,77,78)/p+1/b68-49+. The molecule has 6 aliphatic rings. The highest BCUT2D eigenvalue weighted by molar-refractivity contribution is 8.03. The van der Waals surface area contributed by atoms with Crippen LogP contribution >= 0.6 is 11.8 Å². The predicted octanol–water partition coefficient (Wildman–Crippen LogP) is 9.53.